The van der Waals surface area contributed by atoms with Gasteiger partial charge in [0.15, 0.2) is 0 Å². The molecule has 104 valence electrons. The van der Waals surface area contributed by atoms with Crippen LogP contribution in [-0.2, 0) is 19.8 Å². The van der Waals surface area contributed by atoms with Gasteiger partial charge < -0.3 is 0 Å². The molecule has 1 saturated carbocycles. The van der Waals surface area contributed by atoms with E-state index >= 15 is 0 Å². The number of rotatable bonds is 6. The summed E-state index contributed by atoms with van der Waals surface area (Å²) >= 11 is 0. The summed E-state index contributed by atoms with van der Waals surface area (Å²) in [5.41, 5.74) is 0. The van der Waals surface area contributed by atoms with E-state index in [-0.39, 0.29) is 24.0 Å². The Morgan fingerprint density at radius 2 is 1.89 bits per heavy atom. The van der Waals surface area contributed by atoms with Crippen LogP contribution < -0.4 is 4.72 Å². The molecule has 18 heavy (non-hydrogen) atoms. The lowest BCUT2D eigenvalue weighted by Gasteiger charge is -2.29. The molecule has 0 radical (unpaired) electrons. The van der Waals surface area contributed by atoms with Crippen molar-refractivity contribution in [3.63, 3.8) is 0 Å². The molecule has 6 nitrogen and oxygen atoms in total. The Morgan fingerprint density at radius 1 is 1.33 bits per heavy atom. The Kier molecular flexibility index (Phi) is 5.28. The van der Waals surface area contributed by atoms with E-state index in [0.717, 1.165) is 30.0 Å². The number of hydrogen-bond donors (Lipinski definition) is 1. The van der Waals surface area contributed by atoms with Crippen molar-refractivity contribution >= 4 is 22.4 Å². The SMILES string of the molecule is CC(=O)C1CCC(CN(C)S(=O)(=O)NC=O)CC1. The van der Waals surface area contributed by atoms with Gasteiger partial charge in [0.05, 0.1) is 0 Å². The van der Waals surface area contributed by atoms with Crippen molar-refractivity contribution in [1.29, 1.82) is 0 Å². The molecule has 1 aliphatic carbocycles. The molecular weight excluding hydrogens is 256 g/mol. The van der Waals surface area contributed by atoms with E-state index in [1.165, 1.54) is 7.05 Å². The van der Waals surface area contributed by atoms with Crippen LogP contribution in [0, 0.1) is 11.8 Å². The van der Waals surface area contributed by atoms with Crippen molar-refractivity contribution < 1.29 is 18.0 Å². The van der Waals surface area contributed by atoms with Crippen LogP contribution in [0.5, 0.6) is 0 Å². The van der Waals surface area contributed by atoms with Crippen molar-refractivity contribution in [3.05, 3.63) is 0 Å². The summed E-state index contributed by atoms with van der Waals surface area (Å²) in [7, 11) is -2.24. The fourth-order valence-corrected chi connectivity index (χ4v) is 3.07. The van der Waals surface area contributed by atoms with Gasteiger partial charge in [-0.15, -0.1) is 0 Å². The smallest absolute Gasteiger partial charge is 0.300 e. The van der Waals surface area contributed by atoms with Gasteiger partial charge in [-0.25, -0.2) is 4.72 Å². The standard InChI is InChI=1S/C11H20N2O4S/c1-9(15)11-5-3-10(4-6-11)7-13(2)18(16,17)12-8-14/h8,10-11H,3-7H2,1-2H3,(H,12,14). The molecule has 0 saturated heterocycles. The summed E-state index contributed by atoms with van der Waals surface area (Å²) in [4.78, 5) is 21.4. The summed E-state index contributed by atoms with van der Waals surface area (Å²) in [6, 6.07) is 0. The number of nitrogens with one attached hydrogen (secondary N) is 1. The molecule has 0 aromatic heterocycles. The van der Waals surface area contributed by atoms with Crippen LogP contribution in [0.3, 0.4) is 0 Å². The molecule has 1 aliphatic rings. The highest BCUT2D eigenvalue weighted by Crippen LogP contribution is 2.29. The van der Waals surface area contributed by atoms with Crippen LogP contribution >= 0.6 is 0 Å². The summed E-state index contributed by atoms with van der Waals surface area (Å²) in [5, 5.41) is 0. The Morgan fingerprint density at radius 3 is 2.33 bits per heavy atom. The molecule has 1 N–H and O–H groups in total. The first-order valence-electron chi connectivity index (χ1n) is 6.04. The number of ketones is 1. The lowest BCUT2D eigenvalue weighted by atomic mass is 9.80. The largest absolute Gasteiger partial charge is 0.303 e. The maximum absolute atomic E-state index is 11.5. The first-order valence-corrected chi connectivity index (χ1v) is 7.48. The minimum Gasteiger partial charge on any atom is -0.300 e. The Bertz CT molecular complexity index is 399. The van der Waals surface area contributed by atoms with Gasteiger partial charge in [-0.2, -0.15) is 12.7 Å². The quantitative estimate of drug-likeness (QED) is 0.707. The number of nitrogens with zero attached hydrogens (tertiary/aromatic N) is 1. The second-order valence-corrected chi connectivity index (χ2v) is 6.66. The molecule has 0 bridgehead atoms. The van der Waals surface area contributed by atoms with Crippen LogP contribution in [0.1, 0.15) is 32.6 Å². The average molecular weight is 276 g/mol. The second-order valence-electron chi connectivity index (χ2n) is 4.85. The van der Waals surface area contributed by atoms with E-state index < -0.39 is 10.2 Å². The molecule has 1 fully saturated rings. The van der Waals surface area contributed by atoms with Crippen LogP contribution in [0.15, 0.2) is 0 Å². The third-order valence-electron chi connectivity index (χ3n) is 3.54. The highest BCUT2D eigenvalue weighted by molar-refractivity contribution is 7.87. The van der Waals surface area contributed by atoms with E-state index in [2.05, 4.69) is 0 Å². The average Bonchev–Trinajstić information content (AvgIpc) is 2.29. The minimum atomic E-state index is -3.69. The summed E-state index contributed by atoms with van der Waals surface area (Å²) < 4.78 is 26.0. The van der Waals surface area contributed by atoms with Crippen LogP contribution in [-0.4, -0.2) is 38.5 Å². The summed E-state index contributed by atoms with van der Waals surface area (Å²) in [5.74, 6) is 0.613. The van der Waals surface area contributed by atoms with Crippen LogP contribution in [0.25, 0.3) is 0 Å². The van der Waals surface area contributed by atoms with Crippen molar-refractivity contribution in [3.8, 4) is 0 Å². The van der Waals surface area contributed by atoms with Gasteiger partial charge in [0.1, 0.15) is 5.78 Å². The molecule has 0 spiro atoms. The first kappa shape index (κ1) is 15.1. The molecule has 0 atom stereocenters. The van der Waals surface area contributed by atoms with Crippen molar-refractivity contribution in [2.24, 2.45) is 11.8 Å². The summed E-state index contributed by atoms with van der Waals surface area (Å²) in [6.07, 6.45) is 3.53. The normalized spacial score (nSPS) is 24.8. The van der Waals surface area contributed by atoms with Crippen LogP contribution in [0.2, 0.25) is 0 Å². The second kappa shape index (κ2) is 6.29. The molecule has 0 aliphatic heterocycles. The fraction of sp³-hybridized carbons (Fsp3) is 0.818. The number of Topliss-reactive ketones (excluding diaryl/α,β-unsaturated/α-hetero) is 1. The molecule has 0 heterocycles. The highest BCUT2D eigenvalue weighted by Gasteiger charge is 2.27. The van der Waals surface area contributed by atoms with Gasteiger partial charge in [-0.1, -0.05) is 0 Å². The van der Waals surface area contributed by atoms with Gasteiger partial charge in [0.25, 0.3) is 0 Å². The molecule has 0 unspecified atom stereocenters. The number of amides is 1. The lowest BCUT2D eigenvalue weighted by molar-refractivity contribution is -0.121. The Balaban J connectivity index is 2.46. The number of carbonyl (C=O) groups excluding carboxylic acids is 2. The van der Waals surface area contributed by atoms with Crippen LogP contribution in [0.4, 0.5) is 0 Å². The Labute approximate surface area is 108 Å². The molecule has 1 rings (SSSR count). The lowest BCUT2D eigenvalue weighted by Crippen LogP contribution is -2.40. The highest BCUT2D eigenvalue weighted by atomic mass is 32.2. The maximum Gasteiger partial charge on any atom is 0.303 e. The summed E-state index contributed by atoms with van der Waals surface area (Å²) in [6.45, 7) is 1.99. The number of hydrogen-bond acceptors (Lipinski definition) is 4. The third kappa shape index (κ3) is 4.06. The Hall–Kier alpha value is -0.950. The molecule has 0 aromatic carbocycles. The van der Waals surface area contributed by atoms with Gasteiger partial charge in [0.2, 0.25) is 6.41 Å². The topological polar surface area (TPSA) is 83.6 Å². The van der Waals surface area contributed by atoms with Crippen molar-refractivity contribution in [1.82, 2.24) is 9.03 Å². The van der Waals surface area contributed by atoms with E-state index in [9.17, 15) is 18.0 Å². The molecule has 1 amide bonds. The van der Waals surface area contributed by atoms with Gasteiger partial charge in [-0.3, -0.25) is 9.59 Å². The third-order valence-corrected chi connectivity index (χ3v) is 4.91. The van der Waals surface area contributed by atoms with Gasteiger partial charge in [-0.05, 0) is 38.5 Å². The predicted molar refractivity (Wildman–Crippen MR) is 66.9 cm³/mol. The molecular formula is C11H20N2O4S. The van der Waals surface area contributed by atoms with Gasteiger partial charge in [0, 0.05) is 19.5 Å². The monoisotopic (exact) mass is 276 g/mol. The van der Waals surface area contributed by atoms with Gasteiger partial charge >= 0.3 is 10.2 Å². The van der Waals surface area contributed by atoms with E-state index in [1.807, 2.05) is 0 Å². The zero-order chi connectivity index (χ0) is 13.8. The van der Waals surface area contributed by atoms with E-state index in [4.69, 9.17) is 0 Å². The predicted octanol–water partition coefficient (Wildman–Crippen LogP) is 0.304. The molecule has 0 aromatic rings. The van der Waals surface area contributed by atoms with E-state index in [1.54, 1.807) is 11.6 Å². The fourth-order valence-electron chi connectivity index (χ4n) is 2.36. The van der Waals surface area contributed by atoms with Crippen molar-refractivity contribution in [2.45, 2.75) is 32.6 Å². The number of carbonyl (C=O) groups is 2. The zero-order valence-corrected chi connectivity index (χ0v) is 11.6. The van der Waals surface area contributed by atoms with Crippen molar-refractivity contribution in [2.75, 3.05) is 13.6 Å². The molecule has 7 heteroatoms. The first-order chi connectivity index (χ1) is 8.36. The minimum absolute atomic E-state index is 0.135. The zero-order valence-electron chi connectivity index (χ0n) is 10.8. The maximum atomic E-state index is 11.5. The van der Waals surface area contributed by atoms with E-state index in [0.29, 0.717) is 6.54 Å².